The molecule has 4 rings (SSSR count). The fourth-order valence-electron chi connectivity index (χ4n) is 8.50. The number of Topliss-reactive ketones (excluding diaryl/α,β-unsaturated/α-hetero) is 1. The molecule has 0 aliphatic heterocycles. The number of carbonyl (C=O) groups is 1. The summed E-state index contributed by atoms with van der Waals surface area (Å²) in [6, 6.07) is 0. The minimum Gasteiger partial charge on any atom is -0.299 e. The highest BCUT2D eigenvalue weighted by Gasteiger charge is 2.59. The van der Waals surface area contributed by atoms with Gasteiger partial charge in [-0.15, -0.1) is 0 Å². The Bertz CT molecular complexity index is 630. The molecule has 0 aromatic carbocycles. The number of rotatable bonds is 5. The Labute approximate surface area is 174 Å². The highest BCUT2D eigenvalue weighted by molar-refractivity contribution is 5.82. The van der Waals surface area contributed by atoms with Gasteiger partial charge in [-0.05, 0) is 84.9 Å². The predicted octanol–water partition coefficient (Wildman–Crippen LogP) is 7.60. The van der Waals surface area contributed by atoms with Crippen LogP contribution in [0.3, 0.4) is 0 Å². The van der Waals surface area contributed by atoms with Gasteiger partial charge < -0.3 is 0 Å². The molecule has 28 heavy (non-hydrogen) atoms. The Morgan fingerprint density at radius 2 is 1.82 bits per heavy atom. The summed E-state index contributed by atoms with van der Waals surface area (Å²) in [5.41, 5.74) is 2.43. The van der Waals surface area contributed by atoms with Crippen molar-refractivity contribution in [3.8, 4) is 0 Å². The third-order valence-electron chi connectivity index (χ3n) is 10.1. The molecule has 0 bridgehead atoms. The topological polar surface area (TPSA) is 17.1 Å². The standard InChI is InChI=1S/C27H44O/c1-18(2)7-6-8-19(3)23-11-12-24-22-10-9-20-17-21(28)13-15-26(20,4)25(22)14-16-27(23,24)5/h9,18-19,22-25H,6-8,10-17H2,1-5H3/t19-,22+,23-,24+,25+,26+,27-/m0/s1. The molecule has 158 valence electrons. The summed E-state index contributed by atoms with van der Waals surface area (Å²) in [4.78, 5) is 12.1. The van der Waals surface area contributed by atoms with E-state index in [0.717, 1.165) is 54.8 Å². The maximum absolute atomic E-state index is 12.1. The summed E-state index contributed by atoms with van der Waals surface area (Å²) in [6.45, 7) is 12.5. The summed E-state index contributed by atoms with van der Waals surface area (Å²) < 4.78 is 0. The van der Waals surface area contributed by atoms with E-state index in [1.165, 1.54) is 56.9 Å². The minimum atomic E-state index is 0.332. The van der Waals surface area contributed by atoms with Crippen molar-refractivity contribution in [2.24, 2.45) is 46.3 Å². The minimum absolute atomic E-state index is 0.332. The summed E-state index contributed by atoms with van der Waals surface area (Å²) in [5, 5.41) is 0. The second kappa shape index (κ2) is 7.59. The van der Waals surface area contributed by atoms with Crippen molar-refractivity contribution in [1.82, 2.24) is 0 Å². The predicted molar refractivity (Wildman–Crippen MR) is 118 cm³/mol. The number of fused-ring (bicyclic) bond motifs is 5. The molecule has 0 unspecified atom stereocenters. The number of allylic oxidation sites excluding steroid dienone is 2. The van der Waals surface area contributed by atoms with Crippen LogP contribution in [0.2, 0.25) is 0 Å². The van der Waals surface area contributed by atoms with Crippen LogP contribution in [0.15, 0.2) is 11.6 Å². The quantitative estimate of drug-likeness (QED) is 0.446. The lowest BCUT2D eigenvalue weighted by molar-refractivity contribution is -0.122. The van der Waals surface area contributed by atoms with E-state index >= 15 is 0 Å². The second-order valence-corrected chi connectivity index (χ2v) is 12.0. The van der Waals surface area contributed by atoms with Crippen LogP contribution in [-0.2, 0) is 4.79 Å². The molecule has 0 aromatic heterocycles. The summed E-state index contributed by atoms with van der Waals surface area (Å²) in [6.07, 6.45) is 16.5. The van der Waals surface area contributed by atoms with E-state index in [1.807, 2.05) is 0 Å². The van der Waals surface area contributed by atoms with Crippen LogP contribution in [0.4, 0.5) is 0 Å². The molecule has 0 amide bonds. The van der Waals surface area contributed by atoms with E-state index < -0.39 is 0 Å². The van der Waals surface area contributed by atoms with Crippen molar-refractivity contribution in [1.29, 1.82) is 0 Å². The van der Waals surface area contributed by atoms with Crippen molar-refractivity contribution in [2.75, 3.05) is 0 Å². The number of hydrogen-bond donors (Lipinski definition) is 0. The van der Waals surface area contributed by atoms with Crippen LogP contribution in [-0.4, -0.2) is 5.78 Å². The van der Waals surface area contributed by atoms with Gasteiger partial charge >= 0.3 is 0 Å². The molecule has 0 N–H and O–H groups in total. The molecule has 3 saturated carbocycles. The first-order chi connectivity index (χ1) is 13.3. The second-order valence-electron chi connectivity index (χ2n) is 12.0. The zero-order chi connectivity index (χ0) is 20.1. The monoisotopic (exact) mass is 384 g/mol. The van der Waals surface area contributed by atoms with E-state index in [2.05, 4.69) is 40.7 Å². The maximum atomic E-state index is 12.1. The first-order valence-electron chi connectivity index (χ1n) is 12.5. The lowest BCUT2D eigenvalue weighted by Crippen LogP contribution is -2.50. The van der Waals surface area contributed by atoms with Crippen LogP contribution >= 0.6 is 0 Å². The summed E-state index contributed by atoms with van der Waals surface area (Å²) in [7, 11) is 0. The molecule has 4 aliphatic carbocycles. The van der Waals surface area contributed by atoms with E-state index in [0.29, 0.717) is 16.6 Å². The third kappa shape index (κ3) is 3.33. The Morgan fingerprint density at radius 1 is 1.04 bits per heavy atom. The molecule has 0 aromatic rings. The molecule has 1 heteroatoms. The molecule has 0 radical (unpaired) electrons. The van der Waals surface area contributed by atoms with Crippen LogP contribution in [0.5, 0.6) is 0 Å². The SMILES string of the molecule is CC(C)CCC[C@H](C)[C@@H]1CC[C@@H]2[C@H]3CC=C4CC(=O)CC[C@@]4(C)[C@@H]3CC[C@]21C. The first kappa shape index (κ1) is 20.7. The highest BCUT2D eigenvalue weighted by atomic mass is 16.1. The number of carbonyl (C=O) groups excluding carboxylic acids is 1. The Balaban J connectivity index is 1.50. The fourth-order valence-corrected chi connectivity index (χ4v) is 8.50. The van der Waals surface area contributed by atoms with E-state index in [4.69, 9.17) is 0 Å². The maximum Gasteiger partial charge on any atom is 0.136 e. The van der Waals surface area contributed by atoms with Gasteiger partial charge in [-0.1, -0.05) is 65.5 Å². The molecule has 0 heterocycles. The van der Waals surface area contributed by atoms with E-state index in [1.54, 1.807) is 0 Å². The molecular weight excluding hydrogens is 340 g/mol. The first-order valence-corrected chi connectivity index (χ1v) is 12.5. The van der Waals surface area contributed by atoms with Crippen molar-refractivity contribution in [2.45, 2.75) is 105 Å². The van der Waals surface area contributed by atoms with Gasteiger partial charge in [0.05, 0.1) is 0 Å². The summed E-state index contributed by atoms with van der Waals surface area (Å²) >= 11 is 0. The van der Waals surface area contributed by atoms with Gasteiger partial charge in [0.2, 0.25) is 0 Å². The zero-order valence-corrected chi connectivity index (χ0v) is 19.2. The lowest BCUT2D eigenvalue weighted by atomic mass is 9.47. The molecule has 4 aliphatic rings. The summed E-state index contributed by atoms with van der Waals surface area (Å²) in [5.74, 6) is 5.82. The van der Waals surface area contributed by atoms with Crippen molar-refractivity contribution in [3.05, 3.63) is 11.6 Å². The van der Waals surface area contributed by atoms with E-state index in [-0.39, 0.29) is 0 Å². The van der Waals surface area contributed by atoms with Gasteiger partial charge in [-0.25, -0.2) is 0 Å². The highest BCUT2D eigenvalue weighted by Crippen LogP contribution is 2.67. The molecule has 7 atom stereocenters. The van der Waals surface area contributed by atoms with Crippen LogP contribution < -0.4 is 0 Å². The molecule has 0 saturated heterocycles. The van der Waals surface area contributed by atoms with Crippen molar-refractivity contribution >= 4 is 5.78 Å². The van der Waals surface area contributed by atoms with Gasteiger partial charge in [-0.3, -0.25) is 4.79 Å². The molecule has 0 spiro atoms. The van der Waals surface area contributed by atoms with Gasteiger partial charge in [0.1, 0.15) is 5.78 Å². The smallest absolute Gasteiger partial charge is 0.136 e. The number of ketones is 1. The average Bonchev–Trinajstić information content (AvgIpc) is 2.99. The normalized spacial score (nSPS) is 43.9. The Kier molecular flexibility index (Phi) is 5.60. The fraction of sp³-hybridized carbons (Fsp3) is 0.889. The third-order valence-corrected chi connectivity index (χ3v) is 10.1. The molecule has 1 nitrogen and oxygen atoms in total. The van der Waals surface area contributed by atoms with Gasteiger partial charge in [0, 0.05) is 12.8 Å². The van der Waals surface area contributed by atoms with Crippen molar-refractivity contribution in [3.63, 3.8) is 0 Å². The molecular formula is C27H44O. The largest absolute Gasteiger partial charge is 0.299 e. The zero-order valence-electron chi connectivity index (χ0n) is 19.2. The number of hydrogen-bond acceptors (Lipinski definition) is 1. The molecule has 3 fully saturated rings. The van der Waals surface area contributed by atoms with Gasteiger partial charge in [-0.2, -0.15) is 0 Å². The average molecular weight is 385 g/mol. The Hall–Kier alpha value is -0.590. The Morgan fingerprint density at radius 3 is 2.57 bits per heavy atom. The lowest BCUT2D eigenvalue weighted by Gasteiger charge is -2.58. The van der Waals surface area contributed by atoms with Gasteiger partial charge in [0.25, 0.3) is 0 Å². The van der Waals surface area contributed by atoms with Crippen LogP contribution in [0.1, 0.15) is 105 Å². The van der Waals surface area contributed by atoms with Crippen LogP contribution in [0, 0.1) is 46.3 Å². The van der Waals surface area contributed by atoms with Gasteiger partial charge in [0.15, 0.2) is 0 Å². The van der Waals surface area contributed by atoms with Crippen molar-refractivity contribution < 1.29 is 4.79 Å². The van der Waals surface area contributed by atoms with E-state index in [9.17, 15) is 4.79 Å². The van der Waals surface area contributed by atoms with Crippen LogP contribution in [0.25, 0.3) is 0 Å².